The number of anilines is 1. The third kappa shape index (κ3) is 6.38. The van der Waals surface area contributed by atoms with Gasteiger partial charge in [-0.25, -0.2) is 9.50 Å². The molecule has 3 aromatic heterocycles. The van der Waals surface area contributed by atoms with Gasteiger partial charge in [-0.3, -0.25) is 19.4 Å². The molecule has 16 heteroatoms. The number of aromatic nitrogens is 5. The van der Waals surface area contributed by atoms with E-state index in [0.29, 0.717) is 35.5 Å². The molecule has 242 valence electrons. The van der Waals surface area contributed by atoms with Crippen LogP contribution in [0.15, 0.2) is 65.8 Å². The number of carbonyl (C=O) groups excluding carboxylic acids is 1. The number of allylic oxidation sites excluding steroid dienone is 1. The Morgan fingerprint density at radius 1 is 1.24 bits per heavy atom. The van der Waals surface area contributed by atoms with Gasteiger partial charge in [0.05, 0.1) is 30.7 Å². The second kappa shape index (κ2) is 13.2. The van der Waals surface area contributed by atoms with Crippen molar-refractivity contribution >= 4 is 29.0 Å². The molecule has 1 atom stereocenters. The first-order valence-corrected chi connectivity index (χ1v) is 16.3. The third-order valence-corrected chi connectivity index (χ3v) is 9.20. The maximum atomic E-state index is 13.5. The molecule has 3 aliphatic heterocycles. The molecule has 6 heterocycles. The first-order chi connectivity index (χ1) is 22.4. The highest BCUT2D eigenvalue weighted by molar-refractivity contribution is 7.98. The second-order valence-electron chi connectivity index (χ2n) is 11.3. The summed E-state index contributed by atoms with van der Waals surface area (Å²) in [5, 5.41) is 14.0. The number of fused-ring (bicyclic) bond motifs is 1. The summed E-state index contributed by atoms with van der Waals surface area (Å²) in [6, 6.07) is 7.47. The van der Waals surface area contributed by atoms with E-state index >= 15 is 0 Å². The van der Waals surface area contributed by atoms with Crippen molar-refractivity contribution in [2.45, 2.75) is 49.4 Å². The normalized spacial score (nSPS) is 19.2. The van der Waals surface area contributed by atoms with Crippen LogP contribution in [0.4, 0.5) is 14.5 Å². The maximum absolute atomic E-state index is 13.5. The zero-order chi connectivity index (χ0) is 31.6. The summed E-state index contributed by atoms with van der Waals surface area (Å²) in [5.74, 6) is -0.513. The molecule has 0 saturated carbocycles. The van der Waals surface area contributed by atoms with Gasteiger partial charge in [-0.1, -0.05) is 0 Å². The lowest BCUT2D eigenvalue weighted by molar-refractivity contribution is -0.0494. The zero-order valence-corrected chi connectivity index (χ0v) is 25.9. The van der Waals surface area contributed by atoms with Gasteiger partial charge >= 0.3 is 6.61 Å². The number of nitrogens with zero attached hydrogens (tertiary/aromatic N) is 7. The standard InChI is InChI=1S/C30H34F2N10O3S/c1-46-22-3-4-26(45-30(31)32)23(13-22)27-25(35-29(43)24-14-34-41-9-2-8-33-28(24)41)17-40(37-27)15-19-16-42(38-36-19)20-5-10-39(11-6-20)21-7-12-44-18-21/h2-4,8-9,13-14,16-17,20-21,30,36,38H,5-7,10-12,15,18H2,1H3,(H,35,43). The Hall–Kier alpha value is -4.25. The number of amides is 1. The number of rotatable bonds is 10. The van der Waals surface area contributed by atoms with Crippen molar-refractivity contribution < 1.29 is 23.0 Å². The van der Waals surface area contributed by atoms with Crippen molar-refractivity contribution in [2.75, 3.05) is 37.9 Å². The van der Waals surface area contributed by atoms with Crippen LogP contribution in [0, 0.1) is 0 Å². The Morgan fingerprint density at radius 2 is 2.11 bits per heavy atom. The summed E-state index contributed by atoms with van der Waals surface area (Å²) in [6.45, 7) is 0.997. The number of likely N-dealkylation sites (tertiary alicyclic amines) is 1. The number of hydrogen-bond acceptors (Lipinski definition) is 11. The van der Waals surface area contributed by atoms with Gasteiger partial charge in [0, 0.05) is 67.0 Å². The molecule has 2 fully saturated rings. The summed E-state index contributed by atoms with van der Waals surface area (Å²) < 4.78 is 40.5. The molecule has 0 spiro atoms. The molecule has 0 radical (unpaired) electrons. The summed E-state index contributed by atoms with van der Waals surface area (Å²) in [6.07, 6.45) is 13.4. The zero-order valence-electron chi connectivity index (χ0n) is 25.1. The summed E-state index contributed by atoms with van der Waals surface area (Å²) in [5.41, 5.74) is 8.93. The number of hydrazine groups is 2. The number of carbonyl (C=O) groups is 1. The number of nitrogens with one attached hydrogen (secondary N) is 3. The number of thioether (sulfide) groups is 1. The molecule has 4 aromatic rings. The lowest BCUT2D eigenvalue weighted by Gasteiger charge is -2.38. The molecule has 2 saturated heterocycles. The van der Waals surface area contributed by atoms with Crippen LogP contribution in [0.3, 0.4) is 0 Å². The fourth-order valence-electron chi connectivity index (χ4n) is 6.15. The monoisotopic (exact) mass is 652 g/mol. The van der Waals surface area contributed by atoms with Crippen LogP contribution in [-0.2, 0) is 11.3 Å². The Kier molecular flexibility index (Phi) is 8.75. The van der Waals surface area contributed by atoms with E-state index in [-0.39, 0.29) is 17.0 Å². The highest BCUT2D eigenvalue weighted by Crippen LogP contribution is 2.38. The number of ether oxygens (including phenoxy) is 2. The van der Waals surface area contributed by atoms with Crippen LogP contribution in [0.2, 0.25) is 0 Å². The quantitative estimate of drug-likeness (QED) is 0.218. The number of piperidine rings is 1. The van der Waals surface area contributed by atoms with E-state index in [2.05, 4.69) is 36.3 Å². The van der Waals surface area contributed by atoms with Gasteiger partial charge in [0.25, 0.3) is 5.91 Å². The van der Waals surface area contributed by atoms with E-state index in [4.69, 9.17) is 14.6 Å². The topological polar surface area (TPSA) is 126 Å². The third-order valence-electron chi connectivity index (χ3n) is 8.48. The Balaban J connectivity index is 1.14. The van der Waals surface area contributed by atoms with Gasteiger partial charge in [0.15, 0.2) is 5.65 Å². The minimum atomic E-state index is -3.04. The van der Waals surface area contributed by atoms with Crippen molar-refractivity contribution in [1.82, 2.24) is 45.2 Å². The first-order valence-electron chi connectivity index (χ1n) is 15.1. The van der Waals surface area contributed by atoms with Gasteiger partial charge in [0.2, 0.25) is 0 Å². The average molecular weight is 653 g/mol. The summed E-state index contributed by atoms with van der Waals surface area (Å²) >= 11 is 1.45. The Bertz CT molecular complexity index is 1730. The molecule has 1 unspecified atom stereocenters. The van der Waals surface area contributed by atoms with Gasteiger partial charge in [-0.05, 0) is 49.8 Å². The van der Waals surface area contributed by atoms with Crippen LogP contribution in [0.1, 0.15) is 29.6 Å². The van der Waals surface area contributed by atoms with Crippen molar-refractivity contribution in [1.29, 1.82) is 0 Å². The highest BCUT2D eigenvalue weighted by atomic mass is 32.2. The van der Waals surface area contributed by atoms with Crippen LogP contribution < -0.4 is 21.0 Å². The molecule has 46 heavy (non-hydrogen) atoms. The SMILES string of the molecule is CSc1ccc(OC(F)F)c(-c2nn(CC3=CN(C4CCN(C5CCOC5)CC4)NN3)cc2NC(=O)c2cnn3cccnc23)c1. The minimum absolute atomic E-state index is 0.0484. The van der Waals surface area contributed by atoms with E-state index in [1.807, 2.05) is 12.5 Å². The second-order valence-corrected chi connectivity index (χ2v) is 12.2. The lowest BCUT2D eigenvalue weighted by atomic mass is 10.0. The van der Waals surface area contributed by atoms with E-state index in [0.717, 1.165) is 56.2 Å². The van der Waals surface area contributed by atoms with Crippen LogP contribution in [-0.4, -0.2) is 91.4 Å². The summed E-state index contributed by atoms with van der Waals surface area (Å²) in [4.78, 5) is 21.1. The van der Waals surface area contributed by atoms with Crippen molar-refractivity contribution in [3.8, 4) is 17.0 Å². The molecule has 1 aromatic carbocycles. The molecular formula is C30H34F2N10O3S. The molecular weight excluding hydrogens is 618 g/mol. The molecule has 0 bridgehead atoms. The molecule has 13 nitrogen and oxygen atoms in total. The number of hydrogen-bond donors (Lipinski definition) is 3. The molecule has 3 N–H and O–H groups in total. The molecule has 1 amide bonds. The van der Waals surface area contributed by atoms with Crippen LogP contribution in [0.25, 0.3) is 16.9 Å². The van der Waals surface area contributed by atoms with Gasteiger partial charge < -0.3 is 20.2 Å². The van der Waals surface area contributed by atoms with E-state index in [1.165, 1.54) is 28.5 Å². The molecule has 3 aliphatic rings. The Labute approximate surface area is 267 Å². The fourth-order valence-corrected chi connectivity index (χ4v) is 6.59. The summed E-state index contributed by atoms with van der Waals surface area (Å²) in [7, 11) is 0. The maximum Gasteiger partial charge on any atom is 0.387 e. The van der Waals surface area contributed by atoms with Crippen molar-refractivity contribution in [3.05, 3.63) is 66.5 Å². The van der Waals surface area contributed by atoms with E-state index in [9.17, 15) is 13.6 Å². The smallest absolute Gasteiger partial charge is 0.387 e. The van der Waals surface area contributed by atoms with Crippen LogP contribution in [0.5, 0.6) is 5.75 Å². The molecule has 7 rings (SSSR count). The highest BCUT2D eigenvalue weighted by Gasteiger charge is 2.31. The van der Waals surface area contributed by atoms with Gasteiger partial charge in [-0.15, -0.1) is 17.3 Å². The number of benzene rings is 1. The average Bonchev–Trinajstić information content (AvgIpc) is 3.89. The Morgan fingerprint density at radius 3 is 2.89 bits per heavy atom. The van der Waals surface area contributed by atoms with E-state index < -0.39 is 12.5 Å². The number of halogens is 2. The largest absolute Gasteiger partial charge is 0.434 e. The van der Waals surface area contributed by atoms with Gasteiger partial charge in [-0.2, -0.15) is 19.0 Å². The number of alkyl halides is 2. The predicted octanol–water partition coefficient (Wildman–Crippen LogP) is 3.59. The van der Waals surface area contributed by atoms with Crippen molar-refractivity contribution in [3.63, 3.8) is 0 Å². The predicted molar refractivity (Wildman–Crippen MR) is 167 cm³/mol. The van der Waals surface area contributed by atoms with Gasteiger partial charge in [0.1, 0.15) is 17.0 Å². The molecule has 0 aliphatic carbocycles. The van der Waals surface area contributed by atoms with Crippen molar-refractivity contribution in [2.24, 2.45) is 0 Å². The fraction of sp³-hybridized carbons (Fsp3) is 0.400. The minimum Gasteiger partial charge on any atom is -0.434 e. The lowest BCUT2D eigenvalue weighted by Crippen LogP contribution is -2.50. The van der Waals surface area contributed by atoms with Crippen LogP contribution >= 0.6 is 11.8 Å². The first kappa shape index (κ1) is 30.4. The van der Waals surface area contributed by atoms with E-state index in [1.54, 1.807) is 41.5 Å².